The second-order valence-electron chi connectivity index (χ2n) is 4.88. The Bertz CT molecular complexity index is 770. The van der Waals surface area contributed by atoms with E-state index in [1.807, 2.05) is 42.7 Å². The molecular formula is C18H15BrN2. The summed E-state index contributed by atoms with van der Waals surface area (Å²) in [7, 11) is 0. The number of aryl methyl sites for hydroxylation is 1. The van der Waals surface area contributed by atoms with Gasteiger partial charge in [-0.3, -0.25) is 4.99 Å². The van der Waals surface area contributed by atoms with Crippen LogP contribution < -0.4 is 0 Å². The molecule has 2 nitrogen and oxygen atoms in total. The summed E-state index contributed by atoms with van der Waals surface area (Å²) >= 11 is 3.46. The number of hydrogen-bond donors (Lipinski definition) is 0. The lowest BCUT2D eigenvalue weighted by atomic mass is 10.2. The summed E-state index contributed by atoms with van der Waals surface area (Å²) in [5.41, 5.74) is 4.36. The van der Waals surface area contributed by atoms with E-state index in [4.69, 9.17) is 0 Å². The normalized spacial score (nSPS) is 11.1. The molecule has 1 heterocycles. The van der Waals surface area contributed by atoms with Gasteiger partial charge in [0.05, 0.1) is 17.6 Å². The van der Waals surface area contributed by atoms with Crippen molar-refractivity contribution in [2.75, 3.05) is 0 Å². The predicted molar refractivity (Wildman–Crippen MR) is 91.9 cm³/mol. The Labute approximate surface area is 132 Å². The molecule has 3 aromatic rings. The van der Waals surface area contributed by atoms with Crippen LogP contribution in [0.25, 0.3) is 5.69 Å². The zero-order valence-electron chi connectivity index (χ0n) is 11.7. The minimum atomic E-state index is 0.971. The van der Waals surface area contributed by atoms with E-state index in [-0.39, 0.29) is 0 Å². The summed E-state index contributed by atoms with van der Waals surface area (Å²) < 4.78 is 3.19. The van der Waals surface area contributed by atoms with Crippen molar-refractivity contribution in [2.24, 2.45) is 4.99 Å². The van der Waals surface area contributed by atoms with E-state index in [1.54, 1.807) is 0 Å². The van der Waals surface area contributed by atoms with Crippen molar-refractivity contribution in [1.29, 1.82) is 0 Å². The van der Waals surface area contributed by atoms with Crippen LogP contribution in [0.3, 0.4) is 0 Å². The van der Waals surface area contributed by atoms with Crippen molar-refractivity contribution in [2.45, 2.75) is 6.92 Å². The number of benzene rings is 2. The highest BCUT2D eigenvalue weighted by molar-refractivity contribution is 9.10. The van der Waals surface area contributed by atoms with Crippen molar-refractivity contribution in [3.63, 3.8) is 0 Å². The van der Waals surface area contributed by atoms with E-state index >= 15 is 0 Å². The standard InChI is InChI=1S/C18H15BrN2/c1-14-4-2-5-16(12-14)20-13-18-6-3-11-21(18)17-9-7-15(19)8-10-17/h2-13H,1H3. The van der Waals surface area contributed by atoms with Crippen molar-refractivity contribution >= 4 is 27.8 Å². The Morgan fingerprint density at radius 3 is 2.57 bits per heavy atom. The van der Waals surface area contributed by atoms with E-state index < -0.39 is 0 Å². The van der Waals surface area contributed by atoms with Crippen LogP contribution >= 0.6 is 15.9 Å². The highest BCUT2D eigenvalue weighted by Crippen LogP contribution is 2.17. The van der Waals surface area contributed by atoms with Crippen molar-refractivity contribution in [3.8, 4) is 5.69 Å². The largest absolute Gasteiger partial charge is 0.316 e. The molecule has 0 atom stereocenters. The average molecular weight is 339 g/mol. The lowest BCUT2D eigenvalue weighted by molar-refractivity contribution is 1.07. The molecule has 104 valence electrons. The smallest absolute Gasteiger partial charge is 0.0639 e. The van der Waals surface area contributed by atoms with Crippen LogP contribution in [0.1, 0.15) is 11.3 Å². The van der Waals surface area contributed by atoms with E-state index in [0.717, 1.165) is 21.5 Å². The predicted octanol–water partition coefficient (Wildman–Crippen LogP) is 5.30. The first-order valence-electron chi connectivity index (χ1n) is 6.76. The number of aliphatic imine (C=N–C) groups is 1. The van der Waals surface area contributed by atoms with Gasteiger partial charge in [-0.25, -0.2) is 0 Å². The van der Waals surface area contributed by atoms with E-state index in [0.29, 0.717) is 0 Å². The number of hydrogen-bond acceptors (Lipinski definition) is 1. The monoisotopic (exact) mass is 338 g/mol. The van der Waals surface area contributed by atoms with Crippen LogP contribution in [-0.4, -0.2) is 10.8 Å². The zero-order chi connectivity index (χ0) is 14.7. The summed E-state index contributed by atoms with van der Waals surface area (Å²) in [6.07, 6.45) is 3.94. The summed E-state index contributed by atoms with van der Waals surface area (Å²) in [5, 5.41) is 0. The minimum Gasteiger partial charge on any atom is -0.316 e. The molecule has 0 spiro atoms. The Balaban J connectivity index is 1.91. The van der Waals surface area contributed by atoms with Crippen molar-refractivity contribution < 1.29 is 0 Å². The SMILES string of the molecule is Cc1cccc(N=Cc2cccn2-c2ccc(Br)cc2)c1. The Morgan fingerprint density at radius 2 is 1.81 bits per heavy atom. The van der Waals surface area contributed by atoms with Gasteiger partial charge >= 0.3 is 0 Å². The first-order valence-corrected chi connectivity index (χ1v) is 7.56. The molecule has 0 unspecified atom stereocenters. The van der Waals surface area contributed by atoms with Crippen LogP contribution in [-0.2, 0) is 0 Å². The molecular weight excluding hydrogens is 324 g/mol. The first-order chi connectivity index (χ1) is 10.2. The Hall–Kier alpha value is -2.13. The molecule has 0 aliphatic carbocycles. The highest BCUT2D eigenvalue weighted by atomic mass is 79.9. The third kappa shape index (κ3) is 3.31. The molecule has 0 amide bonds. The van der Waals surface area contributed by atoms with Crippen LogP contribution in [0.15, 0.2) is 76.3 Å². The fraction of sp³-hybridized carbons (Fsp3) is 0.0556. The maximum Gasteiger partial charge on any atom is 0.0639 e. The Kier molecular flexibility index (Phi) is 4.02. The molecule has 3 heteroatoms. The summed E-state index contributed by atoms with van der Waals surface area (Å²) in [6, 6.07) is 20.5. The van der Waals surface area contributed by atoms with Crippen LogP contribution in [0.5, 0.6) is 0 Å². The number of nitrogens with zero attached hydrogens (tertiary/aromatic N) is 2. The third-order valence-electron chi connectivity index (χ3n) is 3.23. The lowest BCUT2D eigenvalue weighted by Gasteiger charge is -2.06. The molecule has 0 aliphatic heterocycles. The van der Waals surface area contributed by atoms with Gasteiger partial charge in [0.15, 0.2) is 0 Å². The third-order valence-corrected chi connectivity index (χ3v) is 3.76. The van der Waals surface area contributed by atoms with Gasteiger partial charge < -0.3 is 4.57 Å². The van der Waals surface area contributed by atoms with Gasteiger partial charge in [-0.1, -0.05) is 28.1 Å². The van der Waals surface area contributed by atoms with Gasteiger partial charge in [0.2, 0.25) is 0 Å². The molecule has 21 heavy (non-hydrogen) atoms. The first kappa shape index (κ1) is 13.8. The van der Waals surface area contributed by atoms with Gasteiger partial charge in [0, 0.05) is 16.4 Å². The van der Waals surface area contributed by atoms with Crippen molar-refractivity contribution in [3.05, 3.63) is 82.6 Å². The minimum absolute atomic E-state index is 0.971. The zero-order valence-corrected chi connectivity index (χ0v) is 13.3. The maximum absolute atomic E-state index is 4.56. The van der Waals surface area contributed by atoms with Crippen molar-refractivity contribution in [1.82, 2.24) is 4.57 Å². The van der Waals surface area contributed by atoms with Crippen LogP contribution in [0, 0.1) is 6.92 Å². The van der Waals surface area contributed by atoms with Gasteiger partial charge in [-0.2, -0.15) is 0 Å². The topological polar surface area (TPSA) is 17.3 Å². The van der Waals surface area contributed by atoms with Gasteiger partial charge in [0.25, 0.3) is 0 Å². The molecule has 0 saturated heterocycles. The molecule has 0 radical (unpaired) electrons. The summed E-state index contributed by atoms with van der Waals surface area (Å²) in [6.45, 7) is 2.07. The van der Waals surface area contributed by atoms with E-state index in [2.05, 4.69) is 62.7 Å². The van der Waals surface area contributed by atoms with Crippen LogP contribution in [0.2, 0.25) is 0 Å². The van der Waals surface area contributed by atoms with E-state index in [9.17, 15) is 0 Å². The maximum atomic E-state index is 4.56. The lowest BCUT2D eigenvalue weighted by Crippen LogP contribution is -1.97. The second-order valence-corrected chi connectivity index (χ2v) is 5.79. The molecule has 0 N–H and O–H groups in total. The highest BCUT2D eigenvalue weighted by Gasteiger charge is 2.01. The number of rotatable bonds is 3. The molecule has 0 fully saturated rings. The van der Waals surface area contributed by atoms with Gasteiger partial charge in [-0.15, -0.1) is 0 Å². The molecule has 2 aromatic carbocycles. The quantitative estimate of drug-likeness (QED) is 0.576. The molecule has 0 aliphatic rings. The molecule has 0 saturated carbocycles. The van der Waals surface area contributed by atoms with E-state index in [1.165, 1.54) is 5.56 Å². The Morgan fingerprint density at radius 1 is 1.00 bits per heavy atom. The fourth-order valence-corrected chi connectivity index (χ4v) is 2.45. The molecule has 1 aromatic heterocycles. The molecule has 0 bridgehead atoms. The summed E-state index contributed by atoms with van der Waals surface area (Å²) in [5.74, 6) is 0. The summed E-state index contributed by atoms with van der Waals surface area (Å²) in [4.78, 5) is 4.56. The number of aromatic nitrogens is 1. The second kappa shape index (κ2) is 6.10. The average Bonchev–Trinajstić information content (AvgIpc) is 2.94. The van der Waals surface area contributed by atoms with Gasteiger partial charge in [-0.05, 0) is 61.0 Å². The number of halogens is 1. The molecule has 3 rings (SSSR count). The van der Waals surface area contributed by atoms with Gasteiger partial charge in [0.1, 0.15) is 0 Å². The fourth-order valence-electron chi connectivity index (χ4n) is 2.19. The van der Waals surface area contributed by atoms with Crippen LogP contribution in [0.4, 0.5) is 5.69 Å².